The van der Waals surface area contributed by atoms with Crippen molar-refractivity contribution in [2.45, 2.75) is 12.3 Å². The molecule has 0 aliphatic rings. The lowest BCUT2D eigenvalue weighted by atomic mass is 9.92. The van der Waals surface area contributed by atoms with Crippen molar-refractivity contribution in [2.24, 2.45) is 0 Å². The molecule has 0 aliphatic carbocycles. The summed E-state index contributed by atoms with van der Waals surface area (Å²) >= 11 is 0. The molecule has 0 aliphatic heterocycles. The van der Waals surface area contributed by atoms with Gasteiger partial charge in [-0.1, -0.05) is 36.4 Å². The van der Waals surface area contributed by atoms with E-state index in [-0.39, 0.29) is 35.4 Å². The number of pyridine rings is 1. The van der Waals surface area contributed by atoms with Crippen LogP contribution >= 0.6 is 24.8 Å². The number of hydrogen-bond donors (Lipinski definition) is 0. The van der Waals surface area contributed by atoms with Gasteiger partial charge in [0, 0.05) is 24.2 Å². The number of hydroxylamine groups is 3. The smallest absolute Gasteiger partial charge is 0.0789 e. The summed E-state index contributed by atoms with van der Waals surface area (Å²) in [7, 11) is 3.36. The van der Waals surface area contributed by atoms with Gasteiger partial charge in [0.25, 0.3) is 0 Å². The number of aromatic nitrogens is 1. The molecule has 0 fully saturated rings. The van der Waals surface area contributed by atoms with Crippen LogP contribution in [0.5, 0.6) is 0 Å². The Labute approximate surface area is 139 Å². The van der Waals surface area contributed by atoms with Gasteiger partial charge in [0.15, 0.2) is 0 Å². The van der Waals surface area contributed by atoms with E-state index >= 15 is 0 Å². The molecule has 0 saturated heterocycles. The lowest BCUT2D eigenvalue weighted by molar-refractivity contribution is -0.840. The van der Waals surface area contributed by atoms with Gasteiger partial charge < -0.3 is 9.85 Å². The van der Waals surface area contributed by atoms with Gasteiger partial charge in [0.05, 0.1) is 20.6 Å². The Balaban J connectivity index is 0.00000200. The van der Waals surface area contributed by atoms with Crippen molar-refractivity contribution in [3.05, 3.63) is 71.2 Å². The quantitative estimate of drug-likeness (QED) is 0.613. The highest BCUT2D eigenvalue weighted by atomic mass is 35.5. The van der Waals surface area contributed by atoms with E-state index in [9.17, 15) is 5.21 Å². The fourth-order valence-electron chi connectivity index (χ4n) is 2.19. The summed E-state index contributed by atoms with van der Waals surface area (Å²) in [6.07, 6.45) is 2.61. The van der Waals surface area contributed by atoms with Crippen LogP contribution in [0.25, 0.3) is 0 Å². The van der Waals surface area contributed by atoms with Crippen molar-refractivity contribution >= 4 is 24.8 Å². The lowest BCUT2D eigenvalue weighted by Gasteiger charge is -2.35. The zero-order valence-electron chi connectivity index (χ0n) is 12.3. The normalized spacial score (nSPS) is 12.0. The van der Waals surface area contributed by atoms with Crippen LogP contribution in [0.2, 0.25) is 0 Å². The highest BCUT2D eigenvalue weighted by Crippen LogP contribution is 2.26. The Hall–Kier alpha value is -1.13. The molecule has 5 heteroatoms. The molecule has 1 unspecified atom stereocenters. The van der Waals surface area contributed by atoms with Crippen LogP contribution in [0.15, 0.2) is 54.7 Å². The topological polar surface area (TPSA) is 36.0 Å². The second-order valence-corrected chi connectivity index (χ2v) is 5.30. The molecule has 1 aromatic heterocycles. The monoisotopic (exact) mass is 328 g/mol. The second-order valence-electron chi connectivity index (χ2n) is 5.30. The zero-order chi connectivity index (χ0) is 13.7. The zero-order valence-corrected chi connectivity index (χ0v) is 13.9. The van der Waals surface area contributed by atoms with Crippen LogP contribution in [0.3, 0.4) is 0 Å². The minimum atomic E-state index is -0.268. The van der Waals surface area contributed by atoms with E-state index in [1.807, 2.05) is 42.6 Å². The Morgan fingerprint density at radius 1 is 1.00 bits per heavy atom. The maximum Gasteiger partial charge on any atom is 0.0789 e. The summed E-state index contributed by atoms with van der Waals surface area (Å²) in [4.78, 5) is 4.45. The summed E-state index contributed by atoms with van der Waals surface area (Å²) in [6, 6.07) is 16.2. The first kappa shape index (κ1) is 19.9. The van der Waals surface area contributed by atoms with E-state index in [1.165, 1.54) is 5.56 Å². The minimum Gasteiger partial charge on any atom is -0.633 e. The molecule has 21 heavy (non-hydrogen) atoms. The molecule has 1 heterocycles. The van der Waals surface area contributed by atoms with Crippen molar-refractivity contribution < 1.29 is 4.65 Å². The predicted octanol–water partition coefficient (Wildman–Crippen LogP) is 4.02. The fraction of sp³-hybridized carbons (Fsp3) is 0.312. The Morgan fingerprint density at radius 3 is 2.14 bits per heavy atom. The molecule has 0 saturated carbocycles. The summed E-state index contributed by atoms with van der Waals surface area (Å²) in [5, 5.41) is 11.8. The SMILES string of the molecule is C[N+](C)([O-])CCC(c1ccccc1)c1ccccn1.Cl.Cl. The van der Waals surface area contributed by atoms with Gasteiger partial charge in [-0.15, -0.1) is 24.8 Å². The van der Waals surface area contributed by atoms with Gasteiger partial charge in [-0.05, 0) is 17.7 Å². The Morgan fingerprint density at radius 2 is 1.62 bits per heavy atom. The van der Waals surface area contributed by atoms with E-state index in [1.54, 1.807) is 14.1 Å². The number of benzene rings is 1. The van der Waals surface area contributed by atoms with Gasteiger partial charge >= 0.3 is 0 Å². The Kier molecular flexibility index (Phi) is 8.52. The van der Waals surface area contributed by atoms with Gasteiger partial charge in [0.1, 0.15) is 0 Å². The molecular weight excluding hydrogens is 307 g/mol. The molecule has 0 radical (unpaired) electrons. The number of halogens is 2. The minimum absolute atomic E-state index is 0. The molecule has 2 aromatic rings. The van der Waals surface area contributed by atoms with Crippen LogP contribution < -0.4 is 0 Å². The van der Waals surface area contributed by atoms with E-state index in [4.69, 9.17) is 0 Å². The highest BCUT2D eigenvalue weighted by Gasteiger charge is 2.17. The van der Waals surface area contributed by atoms with E-state index in [2.05, 4.69) is 17.1 Å². The van der Waals surface area contributed by atoms with E-state index < -0.39 is 0 Å². The molecule has 0 N–H and O–H groups in total. The largest absolute Gasteiger partial charge is 0.633 e. The van der Waals surface area contributed by atoms with Gasteiger partial charge in [-0.2, -0.15) is 0 Å². The predicted molar refractivity (Wildman–Crippen MR) is 92.0 cm³/mol. The van der Waals surface area contributed by atoms with Crippen molar-refractivity contribution in [1.29, 1.82) is 0 Å². The van der Waals surface area contributed by atoms with Crippen LogP contribution in [0.4, 0.5) is 0 Å². The second kappa shape index (κ2) is 9.00. The maximum atomic E-state index is 11.8. The van der Waals surface area contributed by atoms with Crippen molar-refractivity contribution in [1.82, 2.24) is 4.98 Å². The molecule has 2 rings (SSSR count). The number of hydrogen-bond acceptors (Lipinski definition) is 2. The number of rotatable bonds is 5. The van der Waals surface area contributed by atoms with Crippen molar-refractivity contribution in [2.75, 3.05) is 20.6 Å². The number of nitrogens with zero attached hydrogens (tertiary/aromatic N) is 2. The molecule has 1 aromatic carbocycles. The third-order valence-electron chi connectivity index (χ3n) is 3.20. The highest BCUT2D eigenvalue weighted by molar-refractivity contribution is 5.85. The first-order valence-corrected chi connectivity index (χ1v) is 6.56. The van der Waals surface area contributed by atoms with Gasteiger partial charge in [-0.3, -0.25) is 4.98 Å². The third kappa shape index (κ3) is 6.44. The summed E-state index contributed by atoms with van der Waals surface area (Å²) < 4.78 is -0.268. The molecule has 0 bridgehead atoms. The first-order valence-electron chi connectivity index (χ1n) is 6.56. The van der Waals surface area contributed by atoms with E-state index in [0.29, 0.717) is 6.54 Å². The molecule has 3 nitrogen and oxygen atoms in total. The molecule has 0 amide bonds. The van der Waals surface area contributed by atoms with Gasteiger partial charge in [-0.25, -0.2) is 0 Å². The molecule has 1 atom stereocenters. The van der Waals surface area contributed by atoms with Crippen LogP contribution in [-0.4, -0.2) is 30.3 Å². The summed E-state index contributed by atoms with van der Waals surface area (Å²) in [6.45, 7) is 0.579. The Bertz CT molecular complexity index is 461. The van der Waals surface area contributed by atoms with Crippen LogP contribution in [0.1, 0.15) is 23.6 Å². The van der Waals surface area contributed by atoms with E-state index in [0.717, 1.165) is 12.1 Å². The average Bonchev–Trinajstić information content (AvgIpc) is 2.40. The standard InChI is InChI=1S/C16H20N2O.2ClH/c1-18(2,19)13-11-15(14-8-4-3-5-9-14)16-10-6-7-12-17-16;;/h3-10,12,15H,11,13H2,1-2H3;2*1H. The lowest BCUT2D eigenvalue weighted by Crippen LogP contribution is -2.34. The summed E-state index contributed by atoms with van der Waals surface area (Å²) in [5.41, 5.74) is 2.25. The molecule has 0 spiro atoms. The fourth-order valence-corrected chi connectivity index (χ4v) is 2.19. The molecular formula is C16H22Cl2N2O. The maximum absolute atomic E-state index is 11.8. The van der Waals surface area contributed by atoms with Crippen LogP contribution in [-0.2, 0) is 0 Å². The number of quaternary nitrogens is 1. The van der Waals surface area contributed by atoms with Gasteiger partial charge in [0.2, 0.25) is 0 Å². The third-order valence-corrected chi connectivity index (χ3v) is 3.20. The summed E-state index contributed by atoms with van der Waals surface area (Å²) in [5.74, 6) is 0.189. The van der Waals surface area contributed by atoms with Crippen LogP contribution in [0, 0.1) is 5.21 Å². The van der Waals surface area contributed by atoms with Crippen molar-refractivity contribution in [3.63, 3.8) is 0 Å². The first-order chi connectivity index (χ1) is 9.06. The van der Waals surface area contributed by atoms with Crippen molar-refractivity contribution in [3.8, 4) is 0 Å². The molecule has 116 valence electrons. The average molecular weight is 329 g/mol.